The number of para-hydroxylation sites is 1. The molecule has 30 heavy (non-hydrogen) atoms. The van der Waals surface area contributed by atoms with Crippen LogP contribution in [-0.4, -0.2) is 32.2 Å². The van der Waals surface area contributed by atoms with Gasteiger partial charge in [0.15, 0.2) is 0 Å². The number of hydroxylamine groups is 2. The van der Waals surface area contributed by atoms with E-state index in [9.17, 15) is 4.79 Å². The van der Waals surface area contributed by atoms with Gasteiger partial charge in [0, 0.05) is 28.0 Å². The van der Waals surface area contributed by atoms with Crippen molar-refractivity contribution in [1.29, 1.82) is 0 Å². The van der Waals surface area contributed by atoms with Gasteiger partial charge in [0.1, 0.15) is 5.75 Å². The fraction of sp³-hybridized carbons (Fsp3) is 0.160. The summed E-state index contributed by atoms with van der Waals surface area (Å²) in [4.78, 5) is 19.5. The van der Waals surface area contributed by atoms with Crippen LogP contribution in [0.1, 0.15) is 27.0 Å². The monoisotopic (exact) mass is 419 g/mol. The van der Waals surface area contributed by atoms with Crippen LogP contribution in [0.4, 0.5) is 0 Å². The van der Waals surface area contributed by atoms with Crippen molar-refractivity contribution in [3.63, 3.8) is 0 Å². The van der Waals surface area contributed by atoms with Crippen LogP contribution >= 0.6 is 11.8 Å². The van der Waals surface area contributed by atoms with E-state index in [4.69, 9.17) is 9.57 Å². The Labute approximate surface area is 182 Å². The second-order valence-corrected chi connectivity index (χ2v) is 7.83. The predicted octanol–water partition coefficient (Wildman–Crippen LogP) is 5.85. The minimum atomic E-state index is -0.179. The molecule has 0 heterocycles. The Morgan fingerprint density at radius 2 is 1.60 bits per heavy atom. The fourth-order valence-electron chi connectivity index (χ4n) is 3.12. The molecular formula is C25H25NO3S. The van der Waals surface area contributed by atoms with Gasteiger partial charge < -0.3 is 4.74 Å². The van der Waals surface area contributed by atoms with Crippen molar-refractivity contribution >= 4 is 23.2 Å². The van der Waals surface area contributed by atoms with E-state index in [-0.39, 0.29) is 5.91 Å². The number of hydrogen-bond acceptors (Lipinski definition) is 4. The summed E-state index contributed by atoms with van der Waals surface area (Å²) in [6, 6.07) is 21.7. The Bertz CT molecular complexity index is 1080. The number of aryl methyl sites for hydroxylation is 1. The van der Waals surface area contributed by atoms with Crippen LogP contribution in [0.2, 0.25) is 0 Å². The van der Waals surface area contributed by atoms with E-state index < -0.39 is 0 Å². The first-order valence-corrected chi connectivity index (χ1v) is 10.3. The lowest BCUT2D eigenvalue weighted by molar-refractivity contribution is -0.0757. The molecule has 0 aliphatic rings. The maximum absolute atomic E-state index is 12.3. The van der Waals surface area contributed by atoms with Gasteiger partial charge in [-0.1, -0.05) is 54.7 Å². The summed E-state index contributed by atoms with van der Waals surface area (Å²) >= 11 is 1.65. The van der Waals surface area contributed by atoms with Crippen LogP contribution in [0.25, 0.3) is 5.57 Å². The molecule has 0 radical (unpaired) electrons. The van der Waals surface area contributed by atoms with E-state index in [0.717, 1.165) is 37.8 Å². The Hall–Kier alpha value is -3.02. The Balaban J connectivity index is 1.92. The lowest BCUT2D eigenvalue weighted by Crippen LogP contribution is -2.25. The molecule has 0 saturated heterocycles. The minimum absolute atomic E-state index is 0.179. The molecule has 1 amide bonds. The van der Waals surface area contributed by atoms with E-state index in [1.807, 2.05) is 61.5 Å². The minimum Gasteiger partial charge on any atom is -0.496 e. The van der Waals surface area contributed by atoms with Crippen molar-refractivity contribution in [2.45, 2.75) is 16.7 Å². The van der Waals surface area contributed by atoms with E-state index >= 15 is 0 Å². The summed E-state index contributed by atoms with van der Waals surface area (Å²) < 4.78 is 5.52. The summed E-state index contributed by atoms with van der Waals surface area (Å²) in [5.74, 6) is 0.616. The first-order chi connectivity index (χ1) is 14.5. The van der Waals surface area contributed by atoms with Gasteiger partial charge in [-0.25, -0.2) is 5.06 Å². The molecule has 0 saturated carbocycles. The van der Waals surface area contributed by atoms with E-state index in [2.05, 4.69) is 18.7 Å². The number of carbonyl (C=O) groups excluding carboxylic acids is 1. The fourth-order valence-corrected chi connectivity index (χ4v) is 4.16. The zero-order valence-corrected chi connectivity index (χ0v) is 18.5. The third-order valence-corrected chi connectivity index (χ3v) is 6.10. The molecular weight excluding hydrogens is 394 g/mol. The van der Waals surface area contributed by atoms with Crippen molar-refractivity contribution < 1.29 is 14.4 Å². The Kier molecular flexibility index (Phi) is 6.98. The smallest absolute Gasteiger partial charge is 0.277 e. The molecule has 0 bridgehead atoms. The standard InChI is InChI=1S/C25H25NO3S/c1-17-16-19(25(27)26(3)29-5)14-15-23(17)30-24-13-9-7-11-21(24)18(2)20-10-6-8-12-22(20)28-4/h6-16H,2H2,1,3-5H3. The molecule has 0 unspecified atom stereocenters. The lowest BCUT2D eigenvalue weighted by atomic mass is 9.99. The molecule has 154 valence electrons. The number of methoxy groups -OCH3 is 1. The summed E-state index contributed by atoms with van der Waals surface area (Å²) in [5.41, 5.74) is 4.53. The molecule has 3 aromatic rings. The Morgan fingerprint density at radius 1 is 0.933 bits per heavy atom. The van der Waals surface area contributed by atoms with E-state index in [0.29, 0.717) is 5.56 Å². The van der Waals surface area contributed by atoms with Crippen molar-refractivity contribution in [2.24, 2.45) is 0 Å². The number of benzene rings is 3. The van der Waals surface area contributed by atoms with Crippen molar-refractivity contribution in [3.8, 4) is 5.75 Å². The first kappa shape index (κ1) is 21.7. The van der Waals surface area contributed by atoms with Crippen LogP contribution in [0.5, 0.6) is 5.75 Å². The predicted molar refractivity (Wildman–Crippen MR) is 122 cm³/mol. The topological polar surface area (TPSA) is 38.8 Å². The van der Waals surface area contributed by atoms with E-state index in [1.54, 1.807) is 25.9 Å². The maximum Gasteiger partial charge on any atom is 0.277 e. The maximum atomic E-state index is 12.3. The van der Waals surface area contributed by atoms with Gasteiger partial charge in [-0.05, 0) is 54.0 Å². The SMILES string of the molecule is C=C(c1ccccc1OC)c1ccccc1Sc1ccc(C(=O)N(C)OC)cc1C. The largest absolute Gasteiger partial charge is 0.496 e. The quantitative estimate of drug-likeness (QED) is 0.450. The highest BCUT2D eigenvalue weighted by Gasteiger charge is 2.15. The molecule has 0 aromatic heterocycles. The second kappa shape index (κ2) is 9.65. The molecule has 5 heteroatoms. The zero-order chi connectivity index (χ0) is 21.7. The second-order valence-electron chi connectivity index (χ2n) is 6.74. The van der Waals surface area contributed by atoms with Gasteiger partial charge in [-0.15, -0.1) is 0 Å². The summed E-state index contributed by atoms with van der Waals surface area (Å²) in [7, 11) is 4.74. The van der Waals surface area contributed by atoms with Gasteiger partial charge in [0.05, 0.1) is 14.2 Å². The van der Waals surface area contributed by atoms with Crippen LogP contribution in [0.3, 0.4) is 0 Å². The molecule has 3 aromatic carbocycles. The number of hydrogen-bond donors (Lipinski definition) is 0. The molecule has 4 nitrogen and oxygen atoms in total. The van der Waals surface area contributed by atoms with E-state index in [1.165, 1.54) is 12.2 Å². The third kappa shape index (κ3) is 4.58. The van der Waals surface area contributed by atoms with Crippen molar-refractivity contribution in [1.82, 2.24) is 5.06 Å². The highest BCUT2D eigenvalue weighted by Crippen LogP contribution is 2.39. The molecule has 0 spiro atoms. The third-order valence-electron chi connectivity index (χ3n) is 4.85. The van der Waals surface area contributed by atoms with Gasteiger partial charge in [0.25, 0.3) is 5.91 Å². The number of amides is 1. The first-order valence-electron chi connectivity index (χ1n) is 9.48. The van der Waals surface area contributed by atoms with Crippen LogP contribution < -0.4 is 4.74 Å². The molecule has 0 atom stereocenters. The van der Waals surface area contributed by atoms with Gasteiger partial charge in [0.2, 0.25) is 0 Å². The number of nitrogens with zero attached hydrogens (tertiary/aromatic N) is 1. The molecule has 3 rings (SSSR count). The number of rotatable bonds is 7. The van der Waals surface area contributed by atoms with Crippen LogP contribution in [0.15, 0.2) is 83.1 Å². The van der Waals surface area contributed by atoms with Crippen LogP contribution in [-0.2, 0) is 4.84 Å². The molecule has 0 aliphatic carbocycles. The summed E-state index contributed by atoms with van der Waals surface area (Å²) in [6.45, 7) is 6.34. The van der Waals surface area contributed by atoms with Gasteiger partial charge in [-0.2, -0.15) is 0 Å². The summed E-state index contributed by atoms with van der Waals surface area (Å²) in [6.07, 6.45) is 0. The van der Waals surface area contributed by atoms with Crippen LogP contribution in [0, 0.1) is 6.92 Å². The summed E-state index contributed by atoms with van der Waals surface area (Å²) in [5, 5.41) is 1.22. The average Bonchev–Trinajstić information content (AvgIpc) is 2.79. The molecule has 0 fully saturated rings. The average molecular weight is 420 g/mol. The Morgan fingerprint density at radius 3 is 2.27 bits per heavy atom. The number of ether oxygens (including phenoxy) is 1. The van der Waals surface area contributed by atoms with Gasteiger partial charge in [-0.3, -0.25) is 9.63 Å². The van der Waals surface area contributed by atoms with Gasteiger partial charge >= 0.3 is 0 Å². The van der Waals surface area contributed by atoms with Crippen molar-refractivity contribution in [2.75, 3.05) is 21.3 Å². The highest BCUT2D eigenvalue weighted by molar-refractivity contribution is 7.99. The van der Waals surface area contributed by atoms with Crippen molar-refractivity contribution in [3.05, 3.63) is 95.6 Å². The normalized spacial score (nSPS) is 10.5. The number of carbonyl (C=O) groups is 1. The lowest BCUT2D eigenvalue weighted by Gasteiger charge is -2.16. The molecule has 0 N–H and O–H groups in total. The zero-order valence-electron chi connectivity index (χ0n) is 17.6. The molecule has 0 aliphatic heterocycles. The highest BCUT2D eigenvalue weighted by atomic mass is 32.2.